The highest BCUT2D eigenvalue weighted by Gasteiger charge is 2.31. The summed E-state index contributed by atoms with van der Waals surface area (Å²) in [6.07, 6.45) is 0. The summed E-state index contributed by atoms with van der Waals surface area (Å²) < 4.78 is 25.4. The van der Waals surface area contributed by atoms with Gasteiger partial charge in [0.25, 0.3) is 0 Å². The molecule has 0 bridgehead atoms. The molecular weight excluding hydrogens is 317 g/mol. The van der Waals surface area contributed by atoms with E-state index in [0.29, 0.717) is 15.6 Å². The van der Waals surface area contributed by atoms with E-state index in [1.807, 2.05) is 0 Å². The summed E-state index contributed by atoms with van der Waals surface area (Å²) in [5.41, 5.74) is 4.32. The second kappa shape index (κ2) is 6.14. The Morgan fingerprint density at radius 1 is 1.00 bits per heavy atom. The molecule has 3 N–H and O–H groups in total. The molecule has 0 spiro atoms. The normalized spacial score (nSPS) is 13.2. The number of quaternary nitrogens is 1. The molecule has 6 heteroatoms. The number of rotatable bonds is 4. The Kier molecular flexibility index (Phi) is 4.70. The first-order valence-electron chi connectivity index (χ1n) is 6.00. The third-order valence-corrected chi connectivity index (χ3v) is 5.80. The van der Waals surface area contributed by atoms with Crippen molar-refractivity contribution in [1.29, 1.82) is 0 Å². The van der Waals surface area contributed by atoms with Gasteiger partial charge in [-0.05, 0) is 35.9 Å². The highest BCUT2D eigenvalue weighted by Crippen LogP contribution is 2.32. The molecule has 0 heterocycles. The monoisotopic (exact) mass is 330 g/mol. The van der Waals surface area contributed by atoms with Crippen molar-refractivity contribution in [3.05, 3.63) is 64.1 Å². The molecule has 3 nitrogen and oxygen atoms in total. The van der Waals surface area contributed by atoms with Crippen molar-refractivity contribution in [2.24, 2.45) is 0 Å². The fourth-order valence-corrected chi connectivity index (χ4v) is 4.15. The Balaban J connectivity index is 2.51. The van der Waals surface area contributed by atoms with Crippen LogP contribution in [0.2, 0.25) is 10.0 Å². The topological polar surface area (TPSA) is 61.8 Å². The van der Waals surface area contributed by atoms with Gasteiger partial charge in [0, 0.05) is 10.0 Å². The van der Waals surface area contributed by atoms with Crippen LogP contribution < -0.4 is 5.73 Å². The lowest BCUT2D eigenvalue weighted by Crippen LogP contribution is -2.54. The van der Waals surface area contributed by atoms with Gasteiger partial charge in [-0.25, -0.2) is 8.42 Å². The fourth-order valence-electron chi connectivity index (χ4n) is 2.00. The molecular formula is C14H14Cl2NO2S+. The second-order valence-corrected chi connectivity index (χ2v) is 7.27. The molecule has 2 aromatic carbocycles. The lowest BCUT2D eigenvalue weighted by Gasteiger charge is -2.16. The molecule has 0 aromatic heterocycles. The molecule has 106 valence electrons. The lowest BCUT2D eigenvalue weighted by molar-refractivity contribution is -0.367. The summed E-state index contributed by atoms with van der Waals surface area (Å²) >= 11 is 11.9. The minimum Gasteiger partial charge on any atom is -0.356 e. The van der Waals surface area contributed by atoms with Gasteiger partial charge in [-0.15, -0.1) is 0 Å². The maximum absolute atomic E-state index is 12.7. The Labute approximate surface area is 128 Å². The zero-order chi connectivity index (χ0) is 14.8. The molecule has 0 amide bonds. The van der Waals surface area contributed by atoms with Crippen LogP contribution >= 0.6 is 23.2 Å². The predicted octanol–water partition coefficient (Wildman–Crippen LogP) is 2.75. The van der Waals surface area contributed by atoms with E-state index >= 15 is 0 Å². The van der Waals surface area contributed by atoms with E-state index in [4.69, 9.17) is 23.2 Å². The van der Waals surface area contributed by atoms with Crippen molar-refractivity contribution in [2.45, 2.75) is 10.1 Å². The number of benzene rings is 2. The van der Waals surface area contributed by atoms with Gasteiger partial charge in [0.15, 0.2) is 9.84 Å². The summed E-state index contributed by atoms with van der Waals surface area (Å²) in [6, 6.07) is 13.0. The fraction of sp³-hybridized carbons (Fsp3) is 0.143. The first-order valence-corrected chi connectivity index (χ1v) is 8.30. The van der Waals surface area contributed by atoms with Crippen LogP contribution in [0.1, 0.15) is 10.8 Å². The van der Waals surface area contributed by atoms with Gasteiger partial charge >= 0.3 is 0 Å². The van der Waals surface area contributed by atoms with Crippen LogP contribution in [-0.4, -0.2) is 15.0 Å². The molecule has 0 aliphatic heterocycles. The molecule has 20 heavy (non-hydrogen) atoms. The zero-order valence-corrected chi connectivity index (χ0v) is 12.9. The van der Waals surface area contributed by atoms with Crippen LogP contribution in [0.3, 0.4) is 0 Å². The standard InChI is InChI=1S/C14H13Cl2NO2S/c15-10-5-7-11(8-6-10)20(18,19)14(9-17)12-3-1-2-4-13(12)16/h1-8,14H,9,17H2/p+1/t14-/m1/s1. The molecule has 0 fully saturated rings. The van der Waals surface area contributed by atoms with Gasteiger partial charge < -0.3 is 5.73 Å². The van der Waals surface area contributed by atoms with E-state index in [9.17, 15) is 8.42 Å². The van der Waals surface area contributed by atoms with Gasteiger partial charge in [0.1, 0.15) is 5.25 Å². The largest absolute Gasteiger partial charge is 0.356 e. The number of halogens is 2. The molecule has 0 aliphatic rings. The predicted molar refractivity (Wildman–Crippen MR) is 80.6 cm³/mol. The highest BCUT2D eigenvalue weighted by molar-refractivity contribution is 7.91. The van der Waals surface area contributed by atoms with Gasteiger partial charge in [0.2, 0.25) is 0 Å². The molecule has 1 atom stereocenters. The van der Waals surface area contributed by atoms with E-state index in [-0.39, 0.29) is 11.4 Å². The summed E-state index contributed by atoms with van der Waals surface area (Å²) in [7, 11) is -3.55. The zero-order valence-electron chi connectivity index (χ0n) is 10.6. The van der Waals surface area contributed by atoms with E-state index in [1.54, 1.807) is 36.4 Å². The van der Waals surface area contributed by atoms with Crippen molar-refractivity contribution < 1.29 is 14.2 Å². The molecule has 0 aliphatic carbocycles. The van der Waals surface area contributed by atoms with Crippen LogP contribution in [0.25, 0.3) is 0 Å². The summed E-state index contributed by atoms with van der Waals surface area (Å²) in [6.45, 7) is 0.203. The lowest BCUT2D eigenvalue weighted by atomic mass is 10.1. The van der Waals surface area contributed by atoms with Crippen molar-refractivity contribution in [3.63, 3.8) is 0 Å². The molecule has 0 saturated heterocycles. The Bertz CT molecular complexity index is 699. The Hall–Kier alpha value is -1.07. The van der Waals surface area contributed by atoms with Crippen molar-refractivity contribution in [2.75, 3.05) is 6.54 Å². The maximum atomic E-state index is 12.7. The van der Waals surface area contributed by atoms with Crippen LogP contribution in [0, 0.1) is 0 Å². The minimum atomic E-state index is -3.55. The average molecular weight is 331 g/mol. The van der Waals surface area contributed by atoms with E-state index in [0.717, 1.165) is 0 Å². The van der Waals surface area contributed by atoms with Crippen LogP contribution in [-0.2, 0) is 9.84 Å². The summed E-state index contributed by atoms with van der Waals surface area (Å²) in [5, 5.41) is 0.156. The summed E-state index contributed by atoms with van der Waals surface area (Å²) in [4.78, 5) is 0.218. The second-order valence-electron chi connectivity index (χ2n) is 4.30. The van der Waals surface area contributed by atoms with Gasteiger partial charge in [0.05, 0.1) is 11.4 Å². The Morgan fingerprint density at radius 3 is 2.15 bits per heavy atom. The quantitative estimate of drug-likeness (QED) is 0.936. The first-order chi connectivity index (χ1) is 9.46. The molecule has 0 radical (unpaired) electrons. The van der Waals surface area contributed by atoms with Gasteiger partial charge in [-0.2, -0.15) is 0 Å². The van der Waals surface area contributed by atoms with Crippen molar-refractivity contribution in [3.8, 4) is 0 Å². The molecule has 0 unspecified atom stereocenters. The third-order valence-electron chi connectivity index (χ3n) is 3.03. The van der Waals surface area contributed by atoms with Crippen molar-refractivity contribution >= 4 is 33.0 Å². The first kappa shape index (κ1) is 15.3. The number of sulfone groups is 1. The third kappa shape index (κ3) is 2.99. The van der Waals surface area contributed by atoms with Crippen LogP contribution in [0.5, 0.6) is 0 Å². The minimum absolute atomic E-state index is 0.203. The smallest absolute Gasteiger partial charge is 0.190 e. The molecule has 2 rings (SSSR count). The molecule has 2 aromatic rings. The van der Waals surface area contributed by atoms with E-state index in [1.165, 1.54) is 12.1 Å². The number of hydrogen-bond acceptors (Lipinski definition) is 2. The number of hydrogen-bond donors (Lipinski definition) is 1. The Morgan fingerprint density at radius 2 is 1.60 bits per heavy atom. The SMILES string of the molecule is [NH3+]C[C@H](c1ccccc1Cl)S(=O)(=O)c1ccc(Cl)cc1. The van der Waals surface area contributed by atoms with Gasteiger partial charge in [-0.1, -0.05) is 41.4 Å². The highest BCUT2D eigenvalue weighted by atomic mass is 35.5. The van der Waals surface area contributed by atoms with Crippen molar-refractivity contribution in [1.82, 2.24) is 0 Å². The summed E-state index contributed by atoms with van der Waals surface area (Å²) in [5.74, 6) is 0. The van der Waals surface area contributed by atoms with E-state index < -0.39 is 15.1 Å². The average Bonchev–Trinajstić information content (AvgIpc) is 2.42. The maximum Gasteiger partial charge on any atom is 0.190 e. The van der Waals surface area contributed by atoms with Crippen LogP contribution in [0.15, 0.2) is 53.4 Å². The van der Waals surface area contributed by atoms with Gasteiger partial charge in [-0.3, -0.25) is 0 Å². The van der Waals surface area contributed by atoms with E-state index in [2.05, 4.69) is 5.73 Å². The van der Waals surface area contributed by atoms with Crippen LogP contribution in [0.4, 0.5) is 0 Å². The molecule has 0 saturated carbocycles.